The van der Waals surface area contributed by atoms with Crippen LogP contribution in [0.5, 0.6) is 5.75 Å². The normalized spacial score (nSPS) is 15.0. The topological polar surface area (TPSA) is 47.9 Å². The van der Waals surface area contributed by atoms with Crippen LogP contribution in [-0.4, -0.2) is 24.4 Å². The van der Waals surface area contributed by atoms with Crippen LogP contribution in [0.4, 0.5) is 0 Å². The number of fused-ring (bicyclic) bond motifs is 1. The van der Waals surface area contributed by atoms with E-state index in [-0.39, 0.29) is 12.4 Å². The zero-order chi connectivity index (χ0) is 16.9. The predicted octanol–water partition coefficient (Wildman–Crippen LogP) is 4.07. The van der Waals surface area contributed by atoms with Crippen molar-refractivity contribution in [3.8, 4) is 5.75 Å². The molecule has 0 aliphatic carbocycles. The SMILES string of the molecule is COc1ccc(C(C)=O)cc1CO/N=C1/CSCc2ccccc21. The Kier molecular flexibility index (Phi) is 5.20. The van der Waals surface area contributed by atoms with Crippen LogP contribution >= 0.6 is 11.8 Å². The van der Waals surface area contributed by atoms with Crippen LogP contribution in [0.2, 0.25) is 0 Å². The second-order valence-electron chi connectivity index (χ2n) is 5.54. The first-order valence-electron chi connectivity index (χ1n) is 7.71. The number of thioether (sulfide) groups is 1. The Bertz CT molecular complexity index is 786. The van der Waals surface area contributed by atoms with Gasteiger partial charge in [0.15, 0.2) is 5.78 Å². The van der Waals surface area contributed by atoms with Gasteiger partial charge >= 0.3 is 0 Å². The van der Waals surface area contributed by atoms with Gasteiger partial charge in [-0.25, -0.2) is 0 Å². The molecule has 1 heterocycles. The minimum Gasteiger partial charge on any atom is -0.496 e. The Morgan fingerprint density at radius 1 is 1.21 bits per heavy atom. The monoisotopic (exact) mass is 341 g/mol. The van der Waals surface area contributed by atoms with Crippen molar-refractivity contribution >= 4 is 23.3 Å². The number of Topliss-reactive ketones (excluding diaryl/α,β-unsaturated/α-hetero) is 1. The van der Waals surface area contributed by atoms with E-state index in [1.807, 2.05) is 23.9 Å². The third-order valence-corrected chi connectivity index (χ3v) is 4.90. The highest BCUT2D eigenvalue weighted by molar-refractivity contribution is 7.99. The second-order valence-corrected chi connectivity index (χ2v) is 6.53. The highest BCUT2D eigenvalue weighted by Gasteiger charge is 2.16. The molecule has 2 aromatic carbocycles. The quantitative estimate of drug-likeness (QED) is 0.608. The average molecular weight is 341 g/mol. The summed E-state index contributed by atoms with van der Waals surface area (Å²) in [7, 11) is 1.60. The van der Waals surface area contributed by atoms with Crippen LogP contribution in [-0.2, 0) is 17.2 Å². The van der Waals surface area contributed by atoms with Gasteiger partial charge in [0, 0.05) is 28.2 Å². The highest BCUT2D eigenvalue weighted by atomic mass is 32.2. The van der Waals surface area contributed by atoms with Crippen molar-refractivity contribution in [2.45, 2.75) is 19.3 Å². The van der Waals surface area contributed by atoms with Crippen LogP contribution in [0.3, 0.4) is 0 Å². The van der Waals surface area contributed by atoms with E-state index in [0.29, 0.717) is 11.3 Å². The van der Waals surface area contributed by atoms with Gasteiger partial charge in [-0.2, -0.15) is 11.8 Å². The van der Waals surface area contributed by atoms with Crippen molar-refractivity contribution in [2.24, 2.45) is 5.16 Å². The number of ketones is 1. The number of benzene rings is 2. The third-order valence-electron chi connectivity index (χ3n) is 3.91. The number of carbonyl (C=O) groups is 1. The molecule has 124 valence electrons. The van der Waals surface area contributed by atoms with E-state index in [9.17, 15) is 4.79 Å². The summed E-state index contributed by atoms with van der Waals surface area (Å²) in [5, 5.41) is 4.33. The zero-order valence-corrected chi connectivity index (χ0v) is 14.6. The first-order chi connectivity index (χ1) is 11.7. The zero-order valence-electron chi connectivity index (χ0n) is 13.7. The number of ether oxygens (including phenoxy) is 1. The second kappa shape index (κ2) is 7.53. The van der Waals surface area contributed by atoms with E-state index < -0.39 is 0 Å². The molecule has 1 aliphatic rings. The minimum atomic E-state index is 0.0165. The molecule has 0 amide bonds. The standard InChI is InChI=1S/C19H19NO3S/c1-13(21)14-7-8-19(22-2)16(9-14)10-23-20-18-12-24-11-15-5-3-4-6-17(15)18/h3-9H,10-12H2,1-2H3/b20-18-. The van der Waals surface area contributed by atoms with E-state index in [1.165, 1.54) is 5.56 Å². The molecule has 2 aromatic rings. The Labute approximate surface area is 145 Å². The number of hydrogen-bond acceptors (Lipinski definition) is 5. The van der Waals surface area contributed by atoms with Gasteiger partial charge in [0.1, 0.15) is 12.4 Å². The summed E-state index contributed by atoms with van der Waals surface area (Å²) in [6.45, 7) is 1.81. The van der Waals surface area contributed by atoms with Gasteiger partial charge in [-0.1, -0.05) is 29.4 Å². The van der Waals surface area contributed by atoms with Crippen LogP contribution in [0.25, 0.3) is 0 Å². The Morgan fingerprint density at radius 2 is 2.04 bits per heavy atom. The molecular weight excluding hydrogens is 322 g/mol. The fraction of sp³-hybridized carbons (Fsp3) is 0.263. The van der Waals surface area contributed by atoms with Crippen molar-refractivity contribution in [3.05, 3.63) is 64.7 Å². The van der Waals surface area contributed by atoms with E-state index in [2.05, 4.69) is 17.3 Å². The molecule has 24 heavy (non-hydrogen) atoms. The molecule has 0 N–H and O–H groups in total. The average Bonchev–Trinajstić information content (AvgIpc) is 2.61. The Balaban J connectivity index is 1.77. The van der Waals surface area contributed by atoms with E-state index >= 15 is 0 Å². The molecule has 3 rings (SSSR count). The number of carbonyl (C=O) groups excluding carboxylic acids is 1. The first-order valence-corrected chi connectivity index (χ1v) is 8.87. The summed E-state index contributed by atoms with van der Waals surface area (Å²) in [5.41, 5.74) is 4.84. The van der Waals surface area contributed by atoms with Gasteiger partial charge in [0.25, 0.3) is 0 Å². The maximum atomic E-state index is 11.5. The van der Waals surface area contributed by atoms with Crippen LogP contribution in [0.15, 0.2) is 47.6 Å². The lowest BCUT2D eigenvalue weighted by molar-refractivity contribution is 0.101. The molecule has 4 nitrogen and oxygen atoms in total. The summed E-state index contributed by atoms with van der Waals surface area (Å²) in [4.78, 5) is 17.1. The first kappa shape index (κ1) is 16.6. The lowest BCUT2D eigenvalue weighted by Gasteiger charge is -2.17. The Morgan fingerprint density at radius 3 is 2.83 bits per heavy atom. The minimum absolute atomic E-state index is 0.0165. The number of nitrogens with zero attached hydrogens (tertiary/aromatic N) is 1. The van der Waals surface area contributed by atoms with Crippen molar-refractivity contribution < 1.29 is 14.4 Å². The molecular formula is C19H19NO3S. The van der Waals surface area contributed by atoms with Crippen molar-refractivity contribution in [2.75, 3.05) is 12.9 Å². The third kappa shape index (κ3) is 3.62. The number of methoxy groups -OCH3 is 1. The van der Waals surface area contributed by atoms with Gasteiger partial charge < -0.3 is 9.57 Å². The van der Waals surface area contributed by atoms with Gasteiger partial charge in [-0.15, -0.1) is 0 Å². The van der Waals surface area contributed by atoms with Crippen molar-refractivity contribution in [1.29, 1.82) is 0 Å². The van der Waals surface area contributed by atoms with Crippen molar-refractivity contribution in [3.63, 3.8) is 0 Å². The molecule has 0 saturated carbocycles. The molecule has 0 unspecified atom stereocenters. The maximum Gasteiger partial charge on any atom is 0.159 e. The smallest absolute Gasteiger partial charge is 0.159 e. The fourth-order valence-electron chi connectivity index (χ4n) is 2.63. The highest BCUT2D eigenvalue weighted by Crippen LogP contribution is 2.25. The summed E-state index contributed by atoms with van der Waals surface area (Å²) >= 11 is 1.83. The van der Waals surface area contributed by atoms with Gasteiger partial charge in [-0.05, 0) is 30.7 Å². The van der Waals surface area contributed by atoms with E-state index in [0.717, 1.165) is 28.3 Å². The lowest BCUT2D eigenvalue weighted by atomic mass is 10.1. The Hall–Kier alpha value is -2.27. The summed E-state index contributed by atoms with van der Waals surface area (Å²) in [5.74, 6) is 2.55. The number of oxime groups is 1. The predicted molar refractivity (Wildman–Crippen MR) is 96.9 cm³/mol. The summed E-state index contributed by atoms with van der Waals surface area (Å²) < 4.78 is 5.33. The van der Waals surface area contributed by atoms with E-state index in [4.69, 9.17) is 9.57 Å². The maximum absolute atomic E-state index is 11.5. The van der Waals surface area contributed by atoms with Crippen LogP contribution < -0.4 is 4.74 Å². The fourth-order valence-corrected chi connectivity index (χ4v) is 3.60. The van der Waals surface area contributed by atoms with Gasteiger partial charge in [0.05, 0.1) is 12.8 Å². The molecule has 0 radical (unpaired) electrons. The van der Waals surface area contributed by atoms with Crippen molar-refractivity contribution in [1.82, 2.24) is 0 Å². The molecule has 0 aromatic heterocycles. The van der Waals surface area contributed by atoms with Crippen LogP contribution in [0.1, 0.15) is 34.0 Å². The van der Waals surface area contributed by atoms with E-state index in [1.54, 1.807) is 32.2 Å². The number of hydrogen-bond donors (Lipinski definition) is 0. The number of rotatable bonds is 5. The van der Waals surface area contributed by atoms with Gasteiger partial charge in [0.2, 0.25) is 0 Å². The summed E-state index contributed by atoms with van der Waals surface area (Å²) in [6.07, 6.45) is 0. The molecule has 0 bridgehead atoms. The van der Waals surface area contributed by atoms with Gasteiger partial charge in [-0.3, -0.25) is 4.79 Å². The molecule has 1 aliphatic heterocycles. The molecule has 0 fully saturated rings. The summed E-state index contributed by atoms with van der Waals surface area (Å²) in [6, 6.07) is 13.6. The molecule has 0 spiro atoms. The lowest BCUT2D eigenvalue weighted by Crippen LogP contribution is -2.13. The molecule has 0 atom stereocenters. The largest absolute Gasteiger partial charge is 0.496 e. The van der Waals surface area contributed by atoms with Crippen LogP contribution in [0, 0.1) is 0 Å². The molecule has 5 heteroatoms. The molecule has 0 saturated heterocycles.